The number of carboxylic acids is 2. The van der Waals surface area contributed by atoms with E-state index in [-0.39, 0.29) is 6.04 Å². The summed E-state index contributed by atoms with van der Waals surface area (Å²) in [6, 6.07) is -1.86. The van der Waals surface area contributed by atoms with Gasteiger partial charge in [-0.2, -0.15) is 11.8 Å². The number of carbonyl (C=O) groups excluding carboxylic acids is 1. The van der Waals surface area contributed by atoms with E-state index in [0.29, 0.717) is 0 Å². The number of thioether (sulfide) groups is 1. The normalized spacial score (nSPS) is 20.2. The van der Waals surface area contributed by atoms with Crippen molar-refractivity contribution in [2.75, 3.05) is 18.6 Å². The summed E-state index contributed by atoms with van der Waals surface area (Å²) in [5.41, 5.74) is 0. The minimum atomic E-state index is -1.40. The van der Waals surface area contributed by atoms with Crippen molar-refractivity contribution in [3.05, 3.63) is 0 Å². The van der Waals surface area contributed by atoms with Crippen LogP contribution in [-0.2, 0) is 9.59 Å². The van der Waals surface area contributed by atoms with Gasteiger partial charge in [-0.15, -0.1) is 0 Å². The summed E-state index contributed by atoms with van der Waals surface area (Å²) in [4.78, 5) is 34.5. The molecule has 0 radical (unpaired) electrons. The average Bonchev–Trinajstić information content (AvgIpc) is 2.79. The molecule has 3 N–H and O–H groups in total. The fraction of sp³-hybridized carbons (Fsp3) is 0.700. The van der Waals surface area contributed by atoms with Gasteiger partial charge in [-0.1, -0.05) is 0 Å². The number of aliphatic carboxylic acids is 2. The SMILES string of the molecule is CN(C(=O)N[C@H](CC(=O)O)C(=O)O)C1CCSC1. The zero-order valence-corrected chi connectivity index (χ0v) is 10.8. The largest absolute Gasteiger partial charge is 0.481 e. The van der Waals surface area contributed by atoms with Crippen molar-refractivity contribution in [2.45, 2.75) is 24.9 Å². The second-order valence-corrected chi connectivity index (χ2v) is 5.22. The third-order valence-electron chi connectivity index (χ3n) is 2.75. The van der Waals surface area contributed by atoms with Crippen molar-refractivity contribution in [1.29, 1.82) is 0 Å². The van der Waals surface area contributed by atoms with Crippen molar-refractivity contribution < 1.29 is 24.6 Å². The Kier molecular flexibility index (Phi) is 5.26. The number of nitrogens with one attached hydrogen (secondary N) is 1. The molecule has 2 atom stereocenters. The second-order valence-electron chi connectivity index (χ2n) is 4.07. The van der Waals surface area contributed by atoms with E-state index in [0.717, 1.165) is 17.9 Å². The lowest BCUT2D eigenvalue weighted by Crippen LogP contribution is -2.50. The number of hydrogen-bond donors (Lipinski definition) is 3. The van der Waals surface area contributed by atoms with Gasteiger partial charge in [0.05, 0.1) is 6.42 Å². The molecule has 0 aromatic rings. The Labute approximate surface area is 109 Å². The number of urea groups is 1. The quantitative estimate of drug-likeness (QED) is 0.655. The fourth-order valence-corrected chi connectivity index (χ4v) is 2.89. The summed E-state index contributed by atoms with van der Waals surface area (Å²) in [5.74, 6) is -0.817. The first-order chi connectivity index (χ1) is 8.41. The molecule has 1 aliphatic heterocycles. The summed E-state index contributed by atoms with van der Waals surface area (Å²) in [6.45, 7) is 0. The summed E-state index contributed by atoms with van der Waals surface area (Å²) in [7, 11) is 1.59. The van der Waals surface area contributed by atoms with E-state index in [1.54, 1.807) is 18.8 Å². The maximum atomic E-state index is 11.8. The molecule has 1 aliphatic rings. The van der Waals surface area contributed by atoms with Crippen LogP contribution < -0.4 is 5.32 Å². The smallest absolute Gasteiger partial charge is 0.326 e. The van der Waals surface area contributed by atoms with Gasteiger partial charge in [0.1, 0.15) is 6.04 Å². The average molecular weight is 276 g/mol. The van der Waals surface area contributed by atoms with Gasteiger partial charge in [0, 0.05) is 18.8 Å². The second kappa shape index (κ2) is 6.48. The molecule has 0 aliphatic carbocycles. The van der Waals surface area contributed by atoms with Crippen molar-refractivity contribution in [3.8, 4) is 0 Å². The molecule has 2 amide bonds. The van der Waals surface area contributed by atoms with Crippen molar-refractivity contribution in [1.82, 2.24) is 10.2 Å². The number of carboxylic acid groups (broad SMARTS) is 2. The van der Waals surface area contributed by atoms with E-state index in [1.165, 1.54) is 4.90 Å². The summed E-state index contributed by atoms with van der Waals surface area (Å²) in [5, 5.41) is 19.6. The van der Waals surface area contributed by atoms with Crippen LogP contribution in [0.5, 0.6) is 0 Å². The van der Waals surface area contributed by atoms with Gasteiger partial charge in [0.2, 0.25) is 0 Å². The van der Waals surface area contributed by atoms with Crippen LogP contribution in [0.15, 0.2) is 0 Å². The first-order valence-electron chi connectivity index (χ1n) is 5.47. The molecular weight excluding hydrogens is 260 g/mol. The Morgan fingerprint density at radius 1 is 1.44 bits per heavy atom. The molecule has 1 saturated heterocycles. The van der Waals surface area contributed by atoms with Crippen LogP contribution in [0, 0.1) is 0 Å². The Morgan fingerprint density at radius 3 is 2.56 bits per heavy atom. The highest BCUT2D eigenvalue weighted by Gasteiger charge is 2.28. The van der Waals surface area contributed by atoms with E-state index in [2.05, 4.69) is 5.32 Å². The predicted octanol–water partition coefficient (Wildman–Crippen LogP) is 0.0612. The highest BCUT2D eigenvalue weighted by molar-refractivity contribution is 7.99. The van der Waals surface area contributed by atoms with Crippen LogP contribution in [0.2, 0.25) is 0 Å². The van der Waals surface area contributed by atoms with Crippen LogP contribution in [0.1, 0.15) is 12.8 Å². The first-order valence-corrected chi connectivity index (χ1v) is 6.63. The molecule has 8 heteroatoms. The van der Waals surface area contributed by atoms with Crippen LogP contribution in [0.4, 0.5) is 4.79 Å². The molecule has 0 bridgehead atoms. The standard InChI is InChI=1S/C10H16N2O5S/c1-12(6-2-3-18-5-6)10(17)11-7(9(15)16)4-8(13)14/h6-7H,2-5H2,1H3,(H,11,17)(H,13,14)(H,15,16)/t6?,7-/m1/s1. The van der Waals surface area contributed by atoms with E-state index < -0.39 is 30.4 Å². The molecular formula is C10H16N2O5S. The third kappa shape index (κ3) is 4.10. The van der Waals surface area contributed by atoms with Gasteiger partial charge in [-0.3, -0.25) is 4.79 Å². The number of hydrogen-bond acceptors (Lipinski definition) is 4. The van der Waals surface area contributed by atoms with Gasteiger partial charge in [-0.25, -0.2) is 9.59 Å². The number of amides is 2. The monoisotopic (exact) mass is 276 g/mol. The van der Waals surface area contributed by atoms with Gasteiger partial charge in [0.25, 0.3) is 0 Å². The molecule has 0 saturated carbocycles. The summed E-state index contributed by atoms with van der Waals surface area (Å²) < 4.78 is 0. The molecule has 1 rings (SSSR count). The van der Waals surface area contributed by atoms with Crippen molar-refractivity contribution >= 4 is 29.7 Å². The molecule has 0 aromatic heterocycles. The van der Waals surface area contributed by atoms with Gasteiger partial charge in [-0.05, 0) is 12.2 Å². The first kappa shape index (κ1) is 14.6. The highest BCUT2D eigenvalue weighted by atomic mass is 32.2. The molecule has 102 valence electrons. The molecule has 1 heterocycles. The molecule has 0 aromatic carbocycles. The highest BCUT2D eigenvalue weighted by Crippen LogP contribution is 2.21. The maximum Gasteiger partial charge on any atom is 0.326 e. The Bertz CT molecular complexity index is 343. The number of carbonyl (C=O) groups is 3. The van der Waals surface area contributed by atoms with Crippen LogP contribution in [0.25, 0.3) is 0 Å². The van der Waals surface area contributed by atoms with E-state index in [4.69, 9.17) is 10.2 Å². The zero-order valence-electron chi connectivity index (χ0n) is 9.96. The van der Waals surface area contributed by atoms with E-state index in [1.807, 2.05) is 0 Å². The lowest BCUT2D eigenvalue weighted by atomic mass is 10.2. The maximum absolute atomic E-state index is 11.8. The van der Waals surface area contributed by atoms with E-state index >= 15 is 0 Å². The Hall–Kier alpha value is -1.44. The molecule has 1 unspecified atom stereocenters. The van der Waals surface area contributed by atoms with Crippen molar-refractivity contribution in [3.63, 3.8) is 0 Å². The van der Waals surface area contributed by atoms with E-state index in [9.17, 15) is 14.4 Å². The molecule has 1 fully saturated rings. The predicted molar refractivity (Wildman–Crippen MR) is 65.7 cm³/mol. The Morgan fingerprint density at radius 2 is 2.11 bits per heavy atom. The minimum absolute atomic E-state index is 0.0780. The summed E-state index contributed by atoms with van der Waals surface area (Å²) in [6.07, 6.45) is 0.236. The number of nitrogens with zero attached hydrogens (tertiary/aromatic N) is 1. The lowest BCUT2D eigenvalue weighted by molar-refractivity contribution is -0.145. The van der Waals surface area contributed by atoms with Gasteiger partial charge < -0.3 is 20.4 Å². The molecule has 7 nitrogen and oxygen atoms in total. The topological polar surface area (TPSA) is 107 Å². The zero-order chi connectivity index (χ0) is 13.7. The fourth-order valence-electron chi connectivity index (χ4n) is 1.62. The van der Waals surface area contributed by atoms with Crippen LogP contribution >= 0.6 is 11.8 Å². The van der Waals surface area contributed by atoms with Crippen LogP contribution in [-0.4, -0.2) is 63.7 Å². The van der Waals surface area contributed by atoms with Crippen LogP contribution in [0.3, 0.4) is 0 Å². The van der Waals surface area contributed by atoms with Gasteiger partial charge >= 0.3 is 18.0 Å². The third-order valence-corrected chi connectivity index (χ3v) is 3.89. The molecule has 0 spiro atoms. The number of rotatable bonds is 5. The molecule has 18 heavy (non-hydrogen) atoms. The van der Waals surface area contributed by atoms with Gasteiger partial charge in [0.15, 0.2) is 0 Å². The summed E-state index contributed by atoms with van der Waals surface area (Å²) >= 11 is 1.73. The Balaban J connectivity index is 2.54. The minimum Gasteiger partial charge on any atom is -0.481 e. The van der Waals surface area contributed by atoms with Crippen molar-refractivity contribution in [2.24, 2.45) is 0 Å². The lowest BCUT2D eigenvalue weighted by Gasteiger charge is -2.25.